The Hall–Kier alpha value is -2.94. The number of pyridine rings is 1. The molecule has 0 spiro atoms. The second-order valence-corrected chi connectivity index (χ2v) is 10.2. The topological polar surface area (TPSA) is 65.3 Å². The first kappa shape index (κ1) is 24.7. The van der Waals surface area contributed by atoms with Gasteiger partial charge in [-0.2, -0.15) is 0 Å². The molecule has 2 saturated heterocycles. The minimum atomic E-state index is -0.0613. The van der Waals surface area contributed by atoms with E-state index < -0.39 is 0 Å². The number of hydrogen-bond donors (Lipinski definition) is 1. The lowest BCUT2D eigenvalue weighted by Gasteiger charge is -2.44. The molecule has 1 N–H and O–H groups in total. The molecular weight excluding hydrogens is 452 g/mol. The average Bonchev–Trinajstić information content (AvgIpc) is 3.25. The van der Waals surface area contributed by atoms with Crippen molar-refractivity contribution >= 4 is 30.0 Å². The Labute approximate surface area is 213 Å². The van der Waals surface area contributed by atoms with Gasteiger partial charge in [0.05, 0.1) is 24.4 Å². The van der Waals surface area contributed by atoms with Crippen LogP contribution < -0.4 is 20.7 Å². The van der Waals surface area contributed by atoms with E-state index in [1.807, 2.05) is 19.1 Å². The monoisotopic (exact) mass is 490 g/mol. The van der Waals surface area contributed by atoms with Crippen LogP contribution in [-0.4, -0.2) is 74.7 Å². The van der Waals surface area contributed by atoms with Gasteiger partial charge in [0.2, 0.25) is 0 Å². The summed E-state index contributed by atoms with van der Waals surface area (Å²) in [6.07, 6.45) is 4.03. The lowest BCUT2D eigenvalue weighted by molar-refractivity contribution is 0.134. The number of hydrogen-bond acceptors (Lipinski definition) is 7. The molecule has 1 aromatic carbocycles. The number of nitrogens with one attached hydrogen (secondary N) is 1. The van der Waals surface area contributed by atoms with E-state index in [0.717, 1.165) is 57.1 Å². The van der Waals surface area contributed by atoms with E-state index in [0.29, 0.717) is 23.9 Å². The molecule has 3 aliphatic heterocycles. The van der Waals surface area contributed by atoms with Gasteiger partial charge < -0.3 is 19.9 Å². The maximum Gasteiger partial charge on any atom is 0.253 e. The number of benzene rings is 1. The second-order valence-electron chi connectivity index (χ2n) is 10.2. The molecule has 3 aliphatic rings. The van der Waals surface area contributed by atoms with Crippen LogP contribution in [0.1, 0.15) is 36.6 Å². The third-order valence-corrected chi connectivity index (χ3v) is 7.97. The van der Waals surface area contributed by atoms with Crippen molar-refractivity contribution in [3.8, 4) is 0 Å². The van der Waals surface area contributed by atoms with Crippen molar-refractivity contribution in [1.29, 1.82) is 0 Å². The summed E-state index contributed by atoms with van der Waals surface area (Å²) in [5.41, 5.74) is 5.92. The first-order valence-corrected chi connectivity index (χ1v) is 12.9. The fraction of sp³-hybridized carbons (Fsp3) is 0.500. The van der Waals surface area contributed by atoms with Crippen molar-refractivity contribution in [3.63, 3.8) is 0 Å². The summed E-state index contributed by atoms with van der Waals surface area (Å²) in [5, 5.41) is 3.49. The van der Waals surface area contributed by atoms with Crippen molar-refractivity contribution in [2.45, 2.75) is 38.5 Å². The van der Waals surface area contributed by atoms with Gasteiger partial charge in [0.1, 0.15) is 5.82 Å². The van der Waals surface area contributed by atoms with Gasteiger partial charge in [-0.3, -0.25) is 14.3 Å². The largest absolute Gasteiger partial charge is 0.383 e. The molecule has 0 bridgehead atoms. The van der Waals surface area contributed by atoms with Crippen LogP contribution in [0.2, 0.25) is 0 Å². The summed E-state index contributed by atoms with van der Waals surface area (Å²) in [6, 6.07) is 9.74. The van der Waals surface area contributed by atoms with E-state index in [9.17, 15) is 4.79 Å². The number of methoxy groups -OCH3 is 1. The van der Waals surface area contributed by atoms with Crippen LogP contribution in [0.3, 0.4) is 0 Å². The molecule has 3 atom stereocenters. The smallest absolute Gasteiger partial charge is 0.253 e. The van der Waals surface area contributed by atoms with Crippen LogP contribution in [0.5, 0.6) is 0 Å². The van der Waals surface area contributed by atoms with Crippen LogP contribution in [0.15, 0.2) is 40.1 Å². The van der Waals surface area contributed by atoms with Gasteiger partial charge in [0.15, 0.2) is 0 Å². The lowest BCUT2D eigenvalue weighted by Crippen LogP contribution is -2.53. The molecule has 8 nitrogen and oxygen atoms in total. The number of ether oxygens (including phenoxy) is 1. The number of rotatable bonds is 6. The Balaban J connectivity index is 1.47. The second kappa shape index (κ2) is 10.2. The molecule has 2 fully saturated rings. The summed E-state index contributed by atoms with van der Waals surface area (Å²) < 4.78 is 7.07. The molecule has 5 rings (SSSR count). The summed E-state index contributed by atoms with van der Waals surface area (Å²) in [7, 11) is 3.53. The van der Waals surface area contributed by atoms with Crippen molar-refractivity contribution in [2.24, 2.45) is 12.0 Å². The van der Waals surface area contributed by atoms with Crippen LogP contribution in [0.4, 0.5) is 17.2 Å². The molecule has 2 aromatic rings. The number of aromatic nitrogens is 1. The van der Waals surface area contributed by atoms with Crippen molar-refractivity contribution in [2.75, 3.05) is 56.2 Å². The minimum Gasteiger partial charge on any atom is -0.383 e. The normalized spacial score (nSPS) is 24.3. The molecule has 36 heavy (non-hydrogen) atoms. The zero-order chi connectivity index (χ0) is 25.4. The summed E-state index contributed by atoms with van der Waals surface area (Å²) >= 11 is 0. The zero-order valence-corrected chi connectivity index (χ0v) is 21.9. The summed E-state index contributed by atoms with van der Waals surface area (Å²) in [4.78, 5) is 24.5. The Morgan fingerprint density at radius 2 is 2.11 bits per heavy atom. The van der Waals surface area contributed by atoms with Gasteiger partial charge in [0.25, 0.3) is 5.56 Å². The fourth-order valence-electron chi connectivity index (χ4n) is 6.20. The molecule has 0 aliphatic carbocycles. The number of nitrogens with zero attached hydrogens (tertiary/aromatic N) is 5. The van der Waals surface area contributed by atoms with Gasteiger partial charge >= 0.3 is 0 Å². The average molecular weight is 491 g/mol. The fourth-order valence-corrected chi connectivity index (χ4v) is 6.20. The van der Waals surface area contributed by atoms with Crippen LogP contribution in [0.25, 0.3) is 6.08 Å². The van der Waals surface area contributed by atoms with E-state index in [4.69, 9.17) is 4.74 Å². The van der Waals surface area contributed by atoms with E-state index >= 15 is 0 Å². The standard InChI is InChI=1S/C28H38N6O2/c1-6-7-24-25(13-27(35)31(4)28(24)29-3)32-15-19(2)34-16-20-12-21(8-9-23(20)26(34)17-32)33-11-10-30-14-22(33)18-36-5/h6-9,12-13,19,22,26,30H,3,10-11,14-18H2,1-2,4-5H3/b7-6-/t19-,22+,26-/m1/s1. The highest BCUT2D eigenvalue weighted by atomic mass is 16.5. The van der Waals surface area contributed by atoms with E-state index in [1.54, 1.807) is 24.8 Å². The SMILES string of the molecule is C=Nc1c(/C=C\C)c(N2C[C@@H](C)N3Cc4cc(N5CCNC[C@H]5COC)ccc4[C@H]3C2)cc(=O)n1C. The predicted octanol–water partition coefficient (Wildman–Crippen LogP) is 2.94. The van der Waals surface area contributed by atoms with Gasteiger partial charge in [0, 0.05) is 76.8 Å². The maximum absolute atomic E-state index is 12.8. The quantitative estimate of drug-likeness (QED) is 0.629. The van der Waals surface area contributed by atoms with Gasteiger partial charge in [-0.15, -0.1) is 0 Å². The highest BCUT2D eigenvalue weighted by Gasteiger charge is 2.40. The number of fused-ring (bicyclic) bond motifs is 3. The first-order chi connectivity index (χ1) is 17.5. The summed E-state index contributed by atoms with van der Waals surface area (Å²) in [5.74, 6) is 0.615. The molecule has 8 heteroatoms. The number of anilines is 2. The van der Waals surface area contributed by atoms with E-state index in [1.165, 1.54) is 16.8 Å². The highest BCUT2D eigenvalue weighted by molar-refractivity contribution is 5.76. The van der Waals surface area contributed by atoms with Crippen molar-refractivity contribution in [3.05, 3.63) is 57.4 Å². The molecule has 0 radical (unpaired) electrons. The molecule has 192 valence electrons. The Morgan fingerprint density at radius 1 is 1.28 bits per heavy atom. The van der Waals surface area contributed by atoms with E-state index in [2.05, 4.69) is 56.8 Å². The third-order valence-electron chi connectivity index (χ3n) is 7.97. The molecule has 0 saturated carbocycles. The third kappa shape index (κ3) is 4.27. The van der Waals surface area contributed by atoms with Gasteiger partial charge in [-0.05, 0) is 43.8 Å². The van der Waals surface area contributed by atoms with Crippen LogP contribution in [-0.2, 0) is 18.3 Å². The first-order valence-electron chi connectivity index (χ1n) is 12.9. The molecule has 0 amide bonds. The van der Waals surface area contributed by atoms with Gasteiger partial charge in [-0.25, -0.2) is 4.99 Å². The minimum absolute atomic E-state index is 0.0613. The van der Waals surface area contributed by atoms with Gasteiger partial charge in [-0.1, -0.05) is 18.2 Å². The maximum atomic E-state index is 12.8. The van der Waals surface area contributed by atoms with Crippen molar-refractivity contribution in [1.82, 2.24) is 14.8 Å². The summed E-state index contributed by atoms with van der Waals surface area (Å²) in [6.45, 7) is 14.3. The lowest BCUT2D eigenvalue weighted by atomic mass is 9.99. The van der Waals surface area contributed by atoms with Crippen LogP contribution >= 0.6 is 0 Å². The number of aliphatic imine (C=N–C) groups is 1. The number of piperazine rings is 2. The molecule has 1 aromatic heterocycles. The highest BCUT2D eigenvalue weighted by Crippen LogP contribution is 2.42. The van der Waals surface area contributed by atoms with E-state index in [-0.39, 0.29) is 5.56 Å². The molecule has 4 heterocycles. The molecular formula is C28H38N6O2. The Morgan fingerprint density at radius 3 is 2.86 bits per heavy atom. The van der Waals surface area contributed by atoms with Crippen LogP contribution in [0, 0.1) is 0 Å². The van der Waals surface area contributed by atoms with Crippen molar-refractivity contribution < 1.29 is 4.74 Å². The Kier molecular flexibility index (Phi) is 7.01. The predicted molar refractivity (Wildman–Crippen MR) is 148 cm³/mol. The zero-order valence-electron chi connectivity index (χ0n) is 21.9. The molecule has 0 unspecified atom stereocenters. The Bertz CT molecular complexity index is 1220. The number of allylic oxidation sites excluding steroid dienone is 1.